The first-order valence-electron chi connectivity index (χ1n) is 7.54. The number of sulfonamides is 1. The van der Waals surface area contributed by atoms with Gasteiger partial charge in [-0.3, -0.25) is 0 Å². The molecule has 2 bridgehead atoms. The summed E-state index contributed by atoms with van der Waals surface area (Å²) in [5, 5.41) is 8.93. The number of nitrogens with zero attached hydrogens (tertiary/aromatic N) is 1. The number of rotatable bonds is 3. The largest absolute Gasteiger partial charge is 0.240 e. The van der Waals surface area contributed by atoms with E-state index in [4.69, 9.17) is 5.26 Å². The van der Waals surface area contributed by atoms with Gasteiger partial charge in [-0.1, -0.05) is 0 Å². The third kappa shape index (κ3) is 1.93. The Morgan fingerprint density at radius 3 is 2.48 bits per heavy atom. The summed E-state index contributed by atoms with van der Waals surface area (Å²) in [7, 11) is -3.47. The van der Waals surface area contributed by atoms with E-state index in [9.17, 15) is 8.42 Å². The zero-order valence-electron chi connectivity index (χ0n) is 11.9. The third-order valence-corrected chi connectivity index (χ3v) is 7.11. The van der Waals surface area contributed by atoms with Crippen LogP contribution in [0.15, 0.2) is 23.1 Å². The first kappa shape index (κ1) is 13.3. The van der Waals surface area contributed by atoms with Gasteiger partial charge in [0.2, 0.25) is 10.0 Å². The molecule has 4 nitrogen and oxygen atoms in total. The molecule has 0 amide bonds. The Morgan fingerprint density at radius 1 is 1.24 bits per heavy atom. The van der Waals surface area contributed by atoms with Crippen molar-refractivity contribution in [2.45, 2.75) is 37.1 Å². The van der Waals surface area contributed by atoms with E-state index in [0.717, 1.165) is 11.8 Å². The molecule has 5 heteroatoms. The Morgan fingerprint density at radius 2 is 1.90 bits per heavy atom. The first-order valence-corrected chi connectivity index (χ1v) is 9.02. The lowest BCUT2D eigenvalue weighted by atomic mass is 10.0. The number of hydrogen-bond donors (Lipinski definition) is 1. The van der Waals surface area contributed by atoms with E-state index in [1.807, 2.05) is 0 Å². The predicted molar refractivity (Wildman–Crippen MR) is 77.8 cm³/mol. The SMILES string of the molecule is Cc1cc(S(=O)(=O)NC2C3C4CCC(C4)C23)ccc1C#N. The monoisotopic (exact) mass is 302 g/mol. The number of nitriles is 1. The molecule has 3 fully saturated rings. The maximum Gasteiger partial charge on any atom is 0.240 e. The Balaban J connectivity index is 1.55. The van der Waals surface area contributed by atoms with Crippen molar-refractivity contribution in [2.75, 3.05) is 0 Å². The summed E-state index contributed by atoms with van der Waals surface area (Å²) >= 11 is 0. The maximum absolute atomic E-state index is 12.5. The highest BCUT2D eigenvalue weighted by molar-refractivity contribution is 7.89. The minimum absolute atomic E-state index is 0.150. The van der Waals surface area contributed by atoms with Crippen molar-refractivity contribution in [2.24, 2.45) is 23.7 Å². The maximum atomic E-state index is 12.5. The molecule has 0 aromatic heterocycles. The number of fused-ring (bicyclic) bond motifs is 5. The van der Waals surface area contributed by atoms with Crippen LogP contribution >= 0.6 is 0 Å². The van der Waals surface area contributed by atoms with E-state index in [1.165, 1.54) is 25.3 Å². The normalized spacial score (nSPS) is 36.3. The van der Waals surface area contributed by atoms with E-state index in [-0.39, 0.29) is 10.9 Å². The zero-order valence-corrected chi connectivity index (χ0v) is 12.7. The second-order valence-corrected chi connectivity index (χ2v) is 8.44. The van der Waals surface area contributed by atoms with Crippen molar-refractivity contribution in [1.82, 2.24) is 4.72 Å². The van der Waals surface area contributed by atoms with Crippen molar-refractivity contribution in [3.8, 4) is 6.07 Å². The lowest BCUT2D eigenvalue weighted by Crippen LogP contribution is -2.30. The molecule has 3 saturated carbocycles. The van der Waals surface area contributed by atoms with Crippen molar-refractivity contribution >= 4 is 10.0 Å². The van der Waals surface area contributed by atoms with E-state index < -0.39 is 10.0 Å². The third-order valence-electron chi connectivity index (χ3n) is 5.66. The van der Waals surface area contributed by atoms with Crippen LogP contribution in [0.4, 0.5) is 0 Å². The molecule has 0 radical (unpaired) electrons. The van der Waals surface area contributed by atoms with Crippen LogP contribution in [0.2, 0.25) is 0 Å². The fourth-order valence-corrected chi connectivity index (χ4v) is 6.05. The molecule has 4 unspecified atom stereocenters. The van der Waals surface area contributed by atoms with E-state index in [2.05, 4.69) is 10.8 Å². The summed E-state index contributed by atoms with van der Waals surface area (Å²) in [6.45, 7) is 1.77. The summed E-state index contributed by atoms with van der Waals surface area (Å²) in [5.41, 5.74) is 1.23. The van der Waals surface area contributed by atoms with Gasteiger partial charge in [0.25, 0.3) is 0 Å². The van der Waals surface area contributed by atoms with Gasteiger partial charge in [-0.15, -0.1) is 0 Å². The molecule has 21 heavy (non-hydrogen) atoms. The van der Waals surface area contributed by atoms with Crippen LogP contribution in [0.1, 0.15) is 30.4 Å². The minimum Gasteiger partial charge on any atom is -0.207 e. The minimum atomic E-state index is -3.47. The van der Waals surface area contributed by atoms with Crippen LogP contribution < -0.4 is 4.72 Å². The smallest absolute Gasteiger partial charge is 0.207 e. The van der Waals surface area contributed by atoms with Gasteiger partial charge in [-0.2, -0.15) is 5.26 Å². The quantitative estimate of drug-likeness (QED) is 0.930. The molecule has 0 aliphatic heterocycles. The second kappa shape index (κ2) is 4.31. The summed E-state index contributed by atoms with van der Waals surface area (Å²) in [6.07, 6.45) is 3.86. The van der Waals surface area contributed by atoms with Gasteiger partial charge in [0, 0.05) is 6.04 Å². The van der Waals surface area contributed by atoms with Gasteiger partial charge in [0.05, 0.1) is 16.5 Å². The lowest BCUT2D eigenvalue weighted by molar-refractivity contribution is 0.456. The number of nitrogens with one attached hydrogen (secondary N) is 1. The van der Waals surface area contributed by atoms with E-state index >= 15 is 0 Å². The fourth-order valence-electron chi connectivity index (χ4n) is 4.66. The second-order valence-electron chi connectivity index (χ2n) is 6.72. The zero-order chi connectivity index (χ0) is 14.8. The van der Waals surface area contributed by atoms with Crippen LogP contribution in [-0.4, -0.2) is 14.5 Å². The predicted octanol–water partition coefficient (Wildman–Crippen LogP) is 2.19. The summed E-state index contributed by atoms with van der Waals surface area (Å²) < 4.78 is 27.9. The fraction of sp³-hybridized carbons (Fsp3) is 0.562. The highest BCUT2D eigenvalue weighted by Crippen LogP contribution is 2.65. The number of benzene rings is 1. The van der Waals surface area contributed by atoms with Crippen LogP contribution in [-0.2, 0) is 10.0 Å². The highest BCUT2D eigenvalue weighted by atomic mass is 32.2. The summed E-state index contributed by atoms with van der Waals surface area (Å²) in [5.74, 6) is 2.65. The van der Waals surface area contributed by atoms with Gasteiger partial charge in [0.15, 0.2) is 0 Å². The van der Waals surface area contributed by atoms with Gasteiger partial charge in [0.1, 0.15) is 0 Å². The Kier molecular flexibility index (Phi) is 2.73. The molecule has 1 aromatic rings. The molecule has 1 aromatic carbocycles. The van der Waals surface area contributed by atoms with E-state index in [1.54, 1.807) is 19.1 Å². The molecule has 3 aliphatic carbocycles. The molecule has 0 heterocycles. The van der Waals surface area contributed by atoms with Crippen LogP contribution in [0.5, 0.6) is 0 Å². The standard InChI is InChI=1S/C16H18N2O2S/c1-9-6-13(5-4-12(9)8-17)21(19,20)18-16-14-10-2-3-11(7-10)15(14)16/h4-6,10-11,14-16,18H,2-3,7H2,1H3. The topological polar surface area (TPSA) is 70.0 Å². The Labute approximate surface area is 125 Å². The Hall–Kier alpha value is -1.38. The van der Waals surface area contributed by atoms with Crippen molar-refractivity contribution in [1.29, 1.82) is 5.26 Å². The van der Waals surface area contributed by atoms with E-state index in [0.29, 0.717) is 23.0 Å². The van der Waals surface area contributed by atoms with Crippen molar-refractivity contribution < 1.29 is 8.42 Å². The van der Waals surface area contributed by atoms with Gasteiger partial charge in [-0.05, 0) is 73.6 Å². The highest BCUT2D eigenvalue weighted by Gasteiger charge is 2.65. The molecular weight excluding hydrogens is 284 g/mol. The molecule has 3 aliphatic rings. The van der Waals surface area contributed by atoms with Crippen LogP contribution in [0, 0.1) is 41.9 Å². The van der Waals surface area contributed by atoms with Crippen LogP contribution in [0.25, 0.3) is 0 Å². The average Bonchev–Trinajstić information content (AvgIpc) is 2.85. The summed E-state index contributed by atoms with van der Waals surface area (Å²) in [6, 6.07) is 6.92. The van der Waals surface area contributed by atoms with Gasteiger partial charge in [-0.25, -0.2) is 13.1 Å². The van der Waals surface area contributed by atoms with Crippen molar-refractivity contribution in [3.63, 3.8) is 0 Å². The number of hydrogen-bond acceptors (Lipinski definition) is 3. The van der Waals surface area contributed by atoms with Crippen molar-refractivity contribution in [3.05, 3.63) is 29.3 Å². The molecule has 110 valence electrons. The Bertz CT molecular complexity index is 734. The molecule has 0 saturated heterocycles. The summed E-state index contributed by atoms with van der Waals surface area (Å²) in [4.78, 5) is 0.274. The molecule has 4 rings (SSSR count). The average molecular weight is 302 g/mol. The molecular formula is C16H18N2O2S. The van der Waals surface area contributed by atoms with Crippen LogP contribution in [0.3, 0.4) is 0 Å². The number of aryl methyl sites for hydroxylation is 1. The molecule has 0 spiro atoms. The van der Waals surface area contributed by atoms with Gasteiger partial charge >= 0.3 is 0 Å². The first-order chi connectivity index (χ1) is 10.0. The lowest BCUT2D eigenvalue weighted by Gasteiger charge is -2.12. The molecule has 4 atom stereocenters. The molecule has 1 N–H and O–H groups in total. The van der Waals surface area contributed by atoms with Gasteiger partial charge < -0.3 is 0 Å².